The van der Waals surface area contributed by atoms with Crippen molar-refractivity contribution in [1.29, 1.82) is 0 Å². The minimum atomic E-state index is -0.856. The number of primary amides is 1. The van der Waals surface area contributed by atoms with E-state index in [1.54, 1.807) is 19.1 Å². The lowest BCUT2D eigenvalue weighted by molar-refractivity contribution is -0.121. The van der Waals surface area contributed by atoms with Gasteiger partial charge in [-0.05, 0) is 37.0 Å². The zero-order valence-electron chi connectivity index (χ0n) is 10.6. The van der Waals surface area contributed by atoms with E-state index in [0.29, 0.717) is 6.42 Å². The Morgan fingerprint density at radius 1 is 1.42 bits per heavy atom. The Morgan fingerprint density at radius 3 is 2.79 bits per heavy atom. The summed E-state index contributed by atoms with van der Waals surface area (Å²) < 4.78 is 0. The molecule has 0 radical (unpaired) electrons. The molecule has 6 nitrogen and oxygen atoms in total. The number of carbonyl (C=O) groups is 2. The predicted molar refractivity (Wildman–Crippen MR) is 69.6 cm³/mol. The van der Waals surface area contributed by atoms with E-state index in [-0.39, 0.29) is 11.8 Å². The molecule has 2 atom stereocenters. The fraction of sp³-hybridized carbons (Fsp3) is 0.385. The van der Waals surface area contributed by atoms with Gasteiger partial charge >= 0.3 is 6.03 Å². The number of urea groups is 1. The molecule has 2 rings (SSSR count). The molecule has 0 bridgehead atoms. The van der Waals surface area contributed by atoms with Gasteiger partial charge < -0.3 is 16.2 Å². The van der Waals surface area contributed by atoms with E-state index in [4.69, 9.17) is 5.73 Å². The smallest absolute Gasteiger partial charge is 0.318 e. The molecule has 5 N–H and O–H groups in total. The third-order valence-electron chi connectivity index (χ3n) is 3.29. The maximum Gasteiger partial charge on any atom is 0.318 e. The molecule has 0 fully saturated rings. The highest BCUT2D eigenvalue weighted by Crippen LogP contribution is 2.29. The van der Waals surface area contributed by atoms with Crippen molar-refractivity contribution in [2.45, 2.75) is 31.8 Å². The van der Waals surface area contributed by atoms with E-state index < -0.39 is 18.0 Å². The van der Waals surface area contributed by atoms with Gasteiger partial charge in [0.15, 0.2) is 0 Å². The van der Waals surface area contributed by atoms with Crippen molar-refractivity contribution in [3.05, 3.63) is 29.3 Å². The molecule has 2 unspecified atom stereocenters. The highest BCUT2D eigenvalue weighted by molar-refractivity contribution is 5.96. The molecule has 1 aromatic rings. The number of hydrogen-bond acceptors (Lipinski definition) is 4. The minimum absolute atomic E-state index is 0.0666. The third kappa shape index (κ3) is 3.03. The van der Waals surface area contributed by atoms with Crippen LogP contribution in [0.4, 0.5) is 4.79 Å². The standard InChI is InChI=1S/C13H17N3O3/c1-7(12(18)16-13(14)19)15-9-5-8-3-2-4-11(17)10(8)6-9/h2-4,7,9,15,17H,5-6H2,1H3,(H3,14,16,18,19). The molecule has 0 saturated heterocycles. The van der Waals surface area contributed by atoms with E-state index in [0.717, 1.165) is 17.5 Å². The summed E-state index contributed by atoms with van der Waals surface area (Å²) in [6.07, 6.45) is 1.41. The first-order valence-corrected chi connectivity index (χ1v) is 6.13. The second kappa shape index (κ2) is 5.27. The Labute approximate surface area is 111 Å². The molecule has 0 aliphatic heterocycles. The van der Waals surface area contributed by atoms with Gasteiger partial charge in [-0.25, -0.2) is 4.79 Å². The van der Waals surface area contributed by atoms with Gasteiger partial charge in [-0.1, -0.05) is 12.1 Å². The molecule has 1 aromatic carbocycles. The van der Waals surface area contributed by atoms with Crippen LogP contribution in [0.15, 0.2) is 18.2 Å². The summed E-state index contributed by atoms with van der Waals surface area (Å²) in [5, 5.41) is 14.9. The number of aromatic hydroxyl groups is 1. The number of phenolic OH excluding ortho intramolecular Hbond substituents is 1. The Morgan fingerprint density at radius 2 is 2.16 bits per heavy atom. The number of carbonyl (C=O) groups excluding carboxylic acids is 2. The molecule has 102 valence electrons. The van der Waals surface area contributed by atoms with Crippen molar-refractivity contribution < 1.29 is 14.7 Å². The van der Waals surface area contributed by atoms with Gasteiger partial charge in [-0.15, -0.1) is 0 Å². The molecule has 1 aliphatic rings. The van der Waals surface area contributed by atoms with E-state index in [1.165, 1.54) is 0 Å². The van der Waals surface area contributed by atoms with Gasteiger partial charge in [0.2, 0.25) is 5.91 Å². The van der Waals surface area contributed by atoms with Gasteiger partial charge in [-0.3, -0.25) is 10.1 Å². The molecule has 3 amide bonds. The largest absolute Gasteiger partial charge is 0.508 e. The number of imide groups is 1. The number of fused-ring (bicyclic) bond motifs is 1. The second-order valence-electron chi connectivity index (χ2n) is 4.76. The van der Waals surface area contributed by atoms with E-state index in [2.05, 4.69) is 5.32 Å². The molecule has 1 aliphatic carbocycles. The third-order valence-corrected chi connectivity index (χ3v) is 3.29. The van der Waals surface area contributed by atoms with Gasteiger partial charge in [0.05, 0.1) is 6.04 Å². The summed E-state index contributed by atoms with van der Waals surface area (Å²) in [4.78, 5) is 22.2. The highest BCUT2D eigenvalue weighted by Gasteiger charge is 2.26. The van der Waals surface area contributed by atoms with E-state index in [1.807, 2.05) is 11.4 Å². The zero-order chi connectivity index (χ0) is 14.0. The summed E-state index contributed by atoms with van der Waals surface area (Å²) in [7, 11) is 0. The lowest BCUT2D eigenvalue weighted by Crippen LogP contribution is -2.49. The lowest BCUT2D eigenvalue weighted by atomic mass is 10.1. The molecule has 19 heavy (non-hydrogen) atoms. The number of nitrogens with two attached hydrogens (primary N) is 1. The SMILES string of the molecule is CC(NC1Cc2cccc(O)c2C1)C(=O)NC(N)=O. The molecule has 0 heterocycles. The van der Waals surface area contributed by atoms with E-state index in [9.17, 15) is 14.7 Å². The first-order chi connectivity index (χ1) is 8.97. The monoisotopic (exact) mass is 263 g/mol. The average Bonchev–Trinajstić information content (AvgIpc) is 2.72. The Balaban J connectivity index is 1.95. The summed E-state index contributed by atoms with van der Waals surface area (Å²) in [5.41, 5.74) is 6.90. The molecule has 0 saturated carbocycles. The van der Waals surface area contributed by atoms with Crippen LogP contribution in [0, 0.1) is 0 Å². The van der Waals surface area contributed by atoms with Crippen LogP contribution in [0.1, 0.15) is 18.1 Å². The highest BCUT2D eigenvalue weighted by atomic mass is 16.3. The maximum absolute atomic E-state index is 11.6. The number of nitrogens with one attached hydrogen (secondary N) is 2. The topological polar surface area (TPSA) is 104 Å². The number of benzene rings is 1. The van der Waals surface area contributed by atoms with Crippen molar-refractivity contribution >= 4 is 11.9 Å². The predicted octanol–water partition coefficient (Wildman–Crippen LogP) is 0.0324. The molecule has 0 aromatic heterocycles. The molecular formula is C13H17N3O3. The fourth-order valence-corrected chi connectivity index (χ4v) is 2.41. The number of hydrogen-bond donors (Lipinski definition) is 4. The van der Waals surface area contributed by atoms with Crippen molar-refractivity contribution in [3.8, 4) is 5.75 Å². The summed E-state index contributed by atoms with van der Waals surface area (Å²) >= 11 is 0. The average molecular weight is 263 g/mol. The Hall–Kier alpha value is -2.08. The van der Waals surface area contributed by atoms with Gasteiger partial charge in [0, 0.05) is 6.04 Å². The van der Waals surface area contributed by atoms with Crippen molar-refractivity contribution in [1.82, 2.24) is 10.6 Å². The summed E-state index contributed by atoms with van der Waals surface area (Å²) in [5.74, 6) is -0.163. The fourth-order valence-electron chi connectivity index (χ4n) is 2.41. The number of amides is 3. The van der Waals surface area contributed by atoms with Crippen LogP contribution in [-0.2, 0) is 17.6 Å². The molecule has 0 spiro atoms. The second-order valence-corrected chi connectivity index (χ2v) is 4.76. The van der Waals surface area contributed by atoms with Crippen molar-refractivity contribution in [2.75, 3.05) is 0 Å². The van der Waals surface area contributed by atoms with Gasteiger partial charge in [0.1, 0.15) is 5.75 Å². The first kappa shape index (κ1) is 13.4. The number of rotatable bonds is 3. The first-order valence-electron chi connectivity index (χ1n) is 6.13. The van der Waals surface area contributed by atoms with Crippen LogP contribution in [0.5, 0.6) is 5.75 Å². The van der Waals surface area contributed by atoms with Crippen LogP contribution >= 0.6 is 0 Å². The van der Waals surface area contributed by atoms with Gasteiger partial charge in [0.25, 0.3) is 0 Å². The summed E-state index contributed by atoms with van der Waals surface area (Å²) in [6.45, 7) is 1.67. The van der Waals surface area contributed by atoms with Crippen LogP contribution in [-0.4, -0.2) is 29.1 Å². The molecular weight excluding hydrogens is 246 g/mol. The van der Waals surface area contributed by atoms with Crippen LogP contribution < -0.4 is 16.4 Å². The maximum atomic E-state index is 11.6. The number of phenols is 1. The molecule has 6 heteroatoms. The van der Waals surface area contributed by atoms with Crippen LogP contribution in [0.25, 0.3) is 0 Å². The van der Waals surface area contributed by atoms with Crippen LogP contribution in [0.2, 0.25) is 0 Å². The minimum Gasteiger partial charge on any atom is -0.508 e. The quantitative estimate of drug-likeness (QED) is 0.617. The van der Waals surface area contributed by atoms with E-state index >= 15 is 0 Å². The Kier molecular flexibility index (Phi) is 3.71. The zero-order valence-corrected chi connectivity index (χ0v) is 10.6. The van der Waals surface area contributed by atoms with Crippen molar-refractivity contribution in [3.63, 3.8) is 0 Å². The lowest BCUT2D eigenvalue weighted by Gasteiger charge is -2.17. The van der Waals surface area contributed by atoms with Gasteiger partial charge in [-0.2, -0.15) is 0 Å². The Bertz CT molecular complexity index is 516. The normalized spacial score (nSPS) is 18.7. The van der Waals surface area contributed by atoms with Crippen molar-refractivity contribution in [2.24, 2.45) is 5.73 Å². The summed E-state index contributed by atoms with van der Waals surface area (Å²) in [6, 6.07) is 4.12. The van der Waals surface area contributed by atoms with Crippen LogP contribution in [0.3, 0.4) is 0 Å².